The summed E-state index contributed by atoms with van der Waals surface area (Å²) in [6, 6.07) is 8.52. The fourth-order valence-electron chi connectivity index (χ4n) is 1.68. The Labute approximate surface area is 146 Å². The summed E-state index contributed by atoms with van der Waals surface area (Å²) in [6.07, 6.45) is 0. The van der Waals surface area contributed by atoms with E-state index in [9.17, 15) is 13.2 Å². The molecule has 8 heteroatoms. The van der Waals surface area contributed by atoms with Gasteiger partial charge in [-0.25, -0.2) is 0 Å². The van der Waals surface area contributed by atoms with E-state index in [4.69, 9.17) is 27.4 Å². The summed E-state index contributed by atoms with van der Waals surface area (Å²) in [5.41, 5.74) is 0.449. The average molecular weight is 424 g/mol. The number of rotatable bonds is 4. The van der Waals surface area contributed by atoms with Crippen LogP contribution in [0.15, 0.2) is 45.8 Å². The molecule has 0 bridgehead atoms. The summed E-state index contributed by atoms with van der Waals surface area (Å²) in [7, 11) is -4.19. The van der Waals surface area contributed by atoms with Gasteiger partial charge in [-0.05, 0) is 43.3 Å². The lowest BCUT2D eigenvalue weighted by Gasteiger charge is -2.10. The molecule has 22 heavy (non-hydrogen) atoms. The molecule has 0 unspecified atom stereocenters. The first-order chi connectivity index (χ1) is 10.2. The molecule has 0 amide bonds. The number of hydrogen-bond donors (Lipinski definition) is 0. The van der Waals surface area contributed by atoms with Gasteiger partial charge in [-0.1, -0.05) is 39.1 Å². The molecule has 0 aliphatic carbocycles. The zero-order chi connectivity index (χ0) is 16.5. The third-order valence-electron chi connectivity index (χ3n) is 2.68. The molecule has 0 aliphatic heterocycles. The minimum atomic E-state index is -4.19. The molecule has 0 atom stereocenters. The van der Waals surface area contributed by atoms with Crippen LogP contribution >= 0.6 is 39.1 Å². The van der Waals surface area contributed by atoms with E-state index in [1.807, 2.05) is 0 Å². The molecule has 2 aromatic carbocycles. The third kappa shape index (κ3) is 3.81. The molecule has 116 valence electrons. The van der Waals surface area contributed by atoms with Gasteiger partial charge in [0.25, 0.3) is 0 Å². The summed E-state index contributed by atoms with van der Waals surface area (Å²) >= 11 is 15.0. The van der Waals surface area contributed by atoms with Crippen molar-refractivity contribution in [3.8, 4) is 5.75 Å². The highest BCUT2D eigenvalue weighted by atomic mass is 79.9. The number of hydrogen-bond acceptors (Lipinski definition) is 4. The minimum Gasteiger partial charge on any atom is -0.379 e. The maximum absolute atomic E-state index is 12.3. The summed E-state index contributed by atoms with van der Waals surface area (Å²) in [5.74, 6) is -0.0755. The van der Waals surface area contributed by atoms with Gasteiger partial charge in [0.2, 0.25) is 0 Å². The zero-order valence-corrected chi connectivity index (χ0v) is 15.1. The number of ketones is 1. The topological polar surface area (TPSA) is 60.4 Å². The molecule has 0 N–H and O–H groups in total. The molecule has 2 rings (SSSR count). The third-order valence-corrected chi connectivity index (χ3v) is 5.31. The van der Waals surface area contributed by atoms with E-state index in [-0.39, 0.29) is 26.5 Å². The van der Waals surface area contributed by atoms with E-state index in [0.717, 1.165) is 0 Å². The van der Waals surface area contributed by atoms with Gasteiger partial charge in [-0.15, -0.1) is 0 Å². The number of benzene rings is 2. The number of carbonyl (C=O) groups excluding carboxylic acids is 1. The van der Waals surface area contributed by atoms with Crippen molar-refractivity contribution in [2.24, 2.45) is 0 Å². The standard InChI is InChI=1S/C14H9BrCl2O4S/c1-8(18)9-2-4-11(5-3-9)21-22(19,20)14-12(16)6-10(15)7-13(14)17/h2-7H,1H3. The highest BCUT2D eigenvalue weighted by Gasteiger charge is 2.24. The molecular formula is C14H9BrCl2O4S. The quantitative estimate of drug-likeness (QED) is 0.527. The normalized spacial score (nSPS) is 11.3. The number of Topliss-reactive ketones (excluding diaryl/α,β-unsaturated/α-hetero) is 1. The maximum atomic E-state index is 12.3. The van der Waals surface area contributed by atoms with Gasteiger partial charge in [-0.2, -0.15) is 8.42 Å². The predicted molar refractivity (Wildman–Crippen MR) is 88.4 cm³/mol. The Balaban J connectivity index is 2.38. The summed E-state index contributed by atoms with van der Waals surface area (Å²) < 4.78 is 30.1. The largest absolute Gasteiger partial charge is 0.379 e. The molecule has 0 aliphatic rings. The van der Waals surface area contributed by atoms with Crippen LogP contribution in [0.2, 0.25) is 10.0 Å². The monoisotopic (exact) mass is 422 g/mol. The van der Waals surface area contributed by atoms with Crippen LogP contribution in [0.3, 0.4) is 0 Å². The Morgan fingerprint density at radius 1 is 1.09 bits per heavy atom. The summed E-state index contributed by atoms with van der Waals surface area (Å²) in [6.45, 7) is 1.41. The second kappa shape index (κ2) is 6.58. The first-order valence-electron chi connectivity index (χ1n) is 5.91. The lowest BCUT2D eigenvalue weighted by molar-refractivity contribution is 0.101. The molecule has 0 aromatic heterocycles. The van der Waals surface area contributed by atoms with Crippen molar-refractivity contribution < 1.29 is 17.4 Å². The summed E-state index contributed by atoms with van der Waals surface area (Å²) in [5, 5.41) is -0.112. The fraction of sp³-hybridized carbons (Fsp3) is 0.0714. The van der Waals surface area contributed by atoms with Crippen LogP contribution in [0.1, 0.15) is 17.3 Å². The van der Waals surface area contributed by atoms with Crippen LogP contribution in [0.25, 0.3) is 0 Å². The lowest BCUT2D eigenvalue weighted by Crippen LogP contribution is -2.11. The van der Waals surface area contributed by atoms with Crippen molar-refractivity contribution in [2.75, 3.05) is 0 Å². The Morgan fingerprint density at radius 3 is 2.05 bits per heavy atom. The molecule has 2 aromatic rings. The molecule has 0 saturated heterocycles. The van der Waals surface area contributed by atoms with Gasteiger partial charge in [0.05, 0.1) is 10.0 Å². The average Bonchev–Trinajstić information content (AvgIpc) is 2.36. The fourth-order valence-corrected chi connectivity index (χ4v) is 4.50. The van der Waals surface area contributed by atoms with Crippen LogP contribution in [-0.4, -0.2) is 14.2 Å². The van der Waals surface area contributed by atoms with Crippen molar-refractivity contribution in [2.45, 2.75) is 11.8 Å². The summed E-state index contributed by atoms with van der Waals surface area (Å²) in [4.78, 5) is 10.9. The van der Waals surface area contributed by atoms with E-state index in [2.05, 4.69) is 15.9 Å². The Kier molecular flexibility index (Phi) is 5.17. The number of halogens is 3. The van der Waals surface area contributed by atoms with Crippen LogP contribution in [0, 0.1) is 0 Å². The van der Waals surface area contributed by atoms with Gasteiger partial charge in [0, 0.05) is 10.0 Å². The van der Waals surface area contributed by atoms with Gasteiger partial charge >= 0.3 is 10.1 Å². The first-order valence-corrected chi connectivity index (χ1v) is 8.86. The van der Waals surface area contributed by atoms with Crippen molar-refractivity contribution in [3.63, 3.8) is 0 Å². The van der Waals surface area contributed by atoms with Gasteiger partial charge in [0.1, 0.15) is 10.6 Å². The minimum absolute atomic E-state index is 0.0556. The first kappa shape index (κ1) is 17.3. The van der Waals surface area contributed by atoms with E-state index in [1.165, 1.54) is 43.3 Å². The van der Waals surface area contributed by atoms with Gasteiger partial charge in [-0.3, -0.25) is 4.79 Å². The molecule has 0 saturated carbocycles. The molecule has 0 fully saturated rings. The maximum Gasteiger partial charge on any atom is 0.342 e. The van der Waals surface area contributed by atoms with Crippen molar-refractivity contribution in [1.82, 2.24) is 0 Å². The Hall–Kier alpha value is -1.08. The highest BCUT2D eigenvalue weighted by Crippen LogP contribution is 2.34. The van der Waals surface area contributed by atoms with Crippen molar-refractivity contribution in [1.29, 1.82) is 0 Å². The second-order valence-corrected chi connectivity index (χ2v) is 7.53. The zero-order valence-electron chi connectivity index (χ0n) is 11.1. The molecule has 0 heterocycles. The van der Waals surface area contributed by atoms with Crippen LogP contribution in [-0.2, 0) is 10.1 Å². The second-order valence-electron chi connectivity index (χ2n) is 4.32. The van der Waals surface area contributed by atoms with Crippen molar-refractivity contribution >= 4 is 55.0 Å². The molecule has 0 spiro atoms. The Morgan fingerprint density at radius 2 is 1.59 bits per heavy atom. The molecular weight excluding hydrogens is 415 g/mol. The van der Waals surface area contributed by atoms with E-state index >= 15 is 0 Å². The van der Waals surface area contributed by atoms with Crippen LogP contribution in [0.5, 0.6) is 5.75 Å². The highest BCUT2D eigenvalue weighted by molar-refractivity contribution is 9.10. The van der Waals surface area contributed by atoms with Crippen LogP contribution in [0.4, 0.5) is 0 Å². The molecule has 4 nitrogen and oxygen atoms in total. The van der Waals surface area contributed by atoms with E-state index in [1.54, 1.807) is 0 Å². The van der Waals surface area contributed by atoms with Crippen LogP contribution < -0.4 is 4.18 Å². The van der Waals surface area contributed by atoms with Gasteiger partial charge in [0.15, 0.2) is 5.78 Å². The smallest absolute Gasteiger partial charge is 0.342 e. The predicted octanol–water partition coefficient (Wildman–Crippen LogP) is 4.73. The SMILES string of the molecule is CC(=O)c1ccc(OS(=O)(=O)c2c(Cl)cc(Br)cc2Cl)cc1. The Bertz CT molecular complexity index is 809. The molecule has 0 radical (unpaired) electrons. The van der Waals surface area contributed by atoms with E-state index < -0.39 is 10.1 Å². The van der Waals surface area contributed by atoms with Gasteiger partial charge < -0.3 is 4.18 Å². The van der Waals surface area contributed by atoms with E-state index in [0.29, 0.717) is 10.0 Å². The lowest BCUT2D eigenvalue weighted by atomic mass is 10.1. The van der Waals surface area contributed by atoms with Crippen molar-refractivity contribution in [3.05, 3.63) is 56.5 Å². The number of carbonyl (C=O) groups is 1.